The van der Waals surface area contributed by atoms with E-state index in [-0.39, 0.29) is 51.8 Å². The second-order valence-corrected chi connectivity index (χ2v) is 23.7. The summed E-state index contributed by atoms with van der Waals surface area (Å²) in [6.07, 6.45) is -13.4. The highest BCUT2D eigenvalue weighted by molar-refractivity contribution is 5.37. The normalized spacial score (nSPS) is 10.1. The molecule has 0 atom stereocenters. The first-order valence-corrected chi connectivity index (χ1v) is 32.3. The molecule has 0 aliphatic heterocycles. The highest BCUT2D eigenvalue weighted by Gasteiger charge is 2.33. The van der Waals surface area contributed by atoms with Gasteiger partial charge in [0.1, 0.15) is 75.6 Å². The molecule has 0 fully saturated rings. The fourth-order valence-electron chi connectivity index (χ4n) is 7.43. The third kappa shape index (κ3) is 38.2. The molecule has 0 N–H and O–H groups in total. The number of rotatable bonds is 3. The molecule has 0 aliphatic rings. The second kappa shape index (κ2) is 47.4. The number of benzene rings is 11. The molecule has 0 spiro atoms. The largest absolute Gasteiger partial charge is 0.416 e. The molecule has 11 rings (SSSR count). The number of halogens is 22. The van der Waals surface area contributed by atoms with Crippen LogP contribution in [0.3, 0.4) is 0 Å². The maximum absolute atomic E-state index is 12.7. The van der Waals surface area contributed by atoms with Crippen molar-refractivity contribution in [2.75, 3.05) is 0 Å². The van der Waals surface area contributed by atoms with Gasteiger partial charge in [-0.1, -0.05) is 89.0 Å². The molecule has 33 heteroatoms. The zero-order valence-corrected chi connectivity index (χ0v) is 62.1. The number of nitro benzene ring substituents is 3. The predicted molar refractivity (Wildman–Crippen MR) is 387 cm³/mol. The van der Waals surface area contributed by atoms with E-state index in [1.54, 1.807) is 64.1 Å². The number of alkyl halides is 9. The van der Waals surface area contributed by atoms with Gasteiger partial charge in [0.25, 0.3) is 17.1 Å². The van der Waals surface area contributed by atoms with E-state index in [2.05, 4.69) is 6.07 Å². The third-order valence-electron chi connectivity index (χ3n) is 14.4. The molecular formula is C82H67F22N5O6. The van der Waals surface area contributed by atoms with Gasteiger partial charge in [-0.3, -0.25) is 30.3 Å². The molecule has 115 heavy (non-hydrogen) atoms. The number of hydrogen-bond acceptors (Lipinski definition) is 8. The van der Waals surface area contributed by atoms with E-state index in [9.17, 15) is 127 Å². The van der Waals surface area contributed by atoms with Crippen LogP contribution in [-0.2, 0) is 18.5 Å². The molecule has 0 unspecified atom stereocenters. The van der Waals surface area contributed by atoms with Gasteiger partial charge < -0.3 is 0 Å². The summed E-state index contributed by atoms with van der Waals surface area (Å²) in [4.78, 5) is 28.4. The standard InChI is InChI=1S/C8H5F5.C8H6F4.C8H7F3.C8H6FN.C8H7N.C7H5F3.C7H5F2NO2.C7H6F2.C7H6FNO2.C7H7F.C7H7NO2/c1-4-6(9)2-5(3-7(4)10)8(11,12)13;1-5-2-3-6(4-7(5)9)8(10,11)12;1-6-2-4-7(5-3-6)8(9,10)11;1-6-2-3-7(5-10)4-8(6)9;1-7-2-4-8(6-9)5-3-7;1-4-6(9)2-5(8)3-7(4)10;1-4-6(8)2-5(10(11)12)3-7(4)9;1-5-2-3-6(8)4-7(5)9;1-5-2-3-6(9(10)11)4-7(5)8;1-6-2-4-7(8)5-3-6;1-6-2-4-7(5-3-6)8(9)10/h2-3H,1H3;2-4H,1H3;2-5H,1H3;2-4H,1H3;2-5H,1H3;2-3H,1H3;2-3H,1H3;2-4H,1H3;2-4H,1H3;2-5H,1H3;2-5H,1H3. The second-order valence-electron chi connectivity index (χ2n) is 23.7. The average molecular weight is 1640 g/mol. The summed E-state index contributed by atoms with van der Waals surface area (Å²) in [5.41, 5.74) is 2.62. The highest BCUT2D eigenvalue weighted by atomic mass is 19.4. The van der Waals surface area contributed by atoms with Crippen LogP contribution in [0.25, 0.3) is 0 Å². The number of hydrogen-bond donors (Lipinski definition) is 0. The average Bonchev–Trinajstić information content (AvgIpc) is 0.822. The lowest BCUT2D eigenvalue weighted by Crippen LogP contribution is -2.07. The minimum Gasteiger partial charge on any atom is -0.258 e. The number of nitro groups is 3. The molecule has 0 radical (unpaired) electrons. The van der Waals surface area contributed by atoms with E-state index in [0.717, 1.165) is 65.6 Å². The molecule has 11 aromatic rings. The van der Waals surface area contributed by atoms with E-state index >= 15 is 0 Å². The summed E-state index contributed by atoms with van der Waals surface area (Å²) in [5.74, 6) is -9.65. The number of aryl methyl sites for hydroxylation is 8. The van der Waals surface area contributed by atoms with E-state index in [0.29, 0.717) is 52.6 Å². The van der Waals surface area contributed by atoms with Crippen LogP contribution in [0.1, 0.15) is 89.0 Å². The minimum absolute atomic E-state index is 0.144. The first-order valence-electron chi connectivity index (χ1n) is 32.3. The van der Waals surface area contributed by atoms with Gasteiger partial charge in [0.05, 0.1) is 72.9 Å². The third-order valence-corrected chi connectivity index (χ3v) is 14.4. The fraction of sp³-hybridized carbons (Fsp3) is 0.171. The van der Waals surface area contributed by atoms with Crippen LogP contribution in [0.4, 0.5) is 114 Å². The molecule has 11 nitrogen and oxygen atoms in total. The summed E-state index contributed by atoms with van der Waals surface area (Å²) >= 11 is 0. The van der Waals surface area contributed by atoms with Gasteiger partial charge in [-0.05, 0) is 183 Å². The molecule has 0 saturated heterocycles. The van der Waals surface area contributed by atoms with Crippen molar-refractivity contribution in [2.24, 2.45) is 0 Å². The van der Waals surface area contributed by atoms with E-state index in [4.69, 9.17) is 10.5 Å². The van der Waals surface area contributed by atoms with Crippen LogP contribution < -0.4 is 0 Å². The van der Waals surface area contributed by atoms with Gasteiger partial charge in [-0.25, -0.2) is 57.1 Å². The first kappa shape index (κ1) is 100. The quantitative estimate of drug-likeness (QED) is 0.0953. The van der Waals surface area contributed by atoms with E-state index in [1.165, 1.54) is 93.1 Å². The van der Waals surface area contributed by atoms with Gasteiger partial charge in [-0.15, -0.1) is 0 Å². The van der Waals surface area contributed by atoms with Gasteiger partial charge in [-0.2, -0.15) is 50.0 Å². The first-order chi connectivity index (χ1) is 53.2. The maximum atomic E-state index is 12.7. The minimum atomic E-state index is -4.71. The Kier molecular flexibility index (Phi) is 41.3. The van der Waals surface area contributed by atoms with Crippen molar-refractivity contribution in [3.05, 3.63) is 401 Å². The van der Waals surface area contributed by atoms with Gasteiger partial charge in [0, 0.05) is 53.1 Å². The van der Waals surface area contributed by atoms with Crippen LogP contribution in [0.15, 0.2) is 206 Å². The topological polar surface area (TPSA) is 177 Å². The number of nitrogens with zero attached hydrogens (tertiary/aromatic N) is 5. The van der Waals surface area contributed by atoms with E-state index < -0.39 is 125 Å². The summed E-state index contributed by atoms with van der Waals surface area (Å²) in [5, 5.41) is 47.0. The Morgan fingerprint density at radius 2 is 0.504 bits per heavy atom. The zero-order chi connectivity index (χ0) is 88.2. The molecule has 0 aliphatic carbocycles. The molecule has 0 amide bonds. The van der Waals surface area contributed by atoms with Crippen molar-refractivity contribution in [3.63, 3.8) is 0 Å². The van der Waals surface area contributed by atoms with Gasteiger partial charge in [0.2, 0.25) is 0 Å². The van der Waals surface area contributed by atoms with Crippen molar-refractivity contribution in [2.45, 2.75) is 94.7 Å². The van der Waals surface area contributed by atoms with Crippen LogP contribution in [0.5, 0.6) is 0 Å². The van der Waals surface area contributed by atoms with Crippen molar-refractivity contribution >= 4 is 17.1 Å². The molecular weight excluding hydrogens is 1570 g/mol. The maximum Gasteiger partial charge on any atom is 0.416 e. The molecule has 0 saturated carbocycles. The van der Waals surface area contributed by atoms with Gasteiger partial charge >= 0.3 is 18.5 Å². The molecule has 0 aromatic heterocycles. The van der Waals surface area contributed by atoms with Crippen molar-refractivity contribution in [3.8, 4) is 12.1 Å². The molecule has 11 aromatic carbocycles. The number of nitriles is 2. The Bertz CT molecular complexity index is 5000. The lowest BCUT2D eigenvalue weighted by Gasteiger charge is -2.07. The van der Waals surface area contributed by atoms with Crippen molar-refractivity contribution in [1.82, 2.24) is 0 Å². The molecule has 610 valence electrons. The van der Waals surface area contributed by atoms with Crippen molar-refractivity contribution in [1.29, 1.82) is 10.5 Å². The summed E-state index contributed by atoms with van der Waals surface area (Å²) < 4.78 is 269. The highest BCUT2D eigenvalue weighted by Crippen LogP contribution is 2.33. The predicted octanol–water partition coefficient (Wildman–Crippen LogP) is 26.3. The lowest BCUT2D eigenvalue weighted by molar-refractivity contribution is -0.385. The van der Waals surface area contributed by atoms with Gasteiger partial charge in [0.15, 0.2) is 0 Å². The molecule has 0 bridgehead atoms. The zero-order valence-electron chi connectivity index (χ0n) is 62.1. The Morgan fingerprint density at radius 1 is 0.252 bits per heavy atom. The number of non-ortho nitro benzene ring substituents is 3. The Balaban J connectivity index is 0.000000634. The summed E-state index contributed by atoms with van der Waals surface area (Å²) in [6, 6.07) is 46.5. The Labute approximate surface area is 644 Å². The Hall–Kier alpha value is -12.9. The van der Waals surface area contributed by atoms with Crippen molar-refractivity contribution < 1.29 is 111 Å². The smallest absolute Gasteiger partial charge is 0.258 e. The van der Waals surface area contributed by atoms with E-state index in [1.807, 2.05) is 51.1 Å². The van der Waals surface area contributed by atoms with Crippen LogP contribution >= 0.6 is 0 Å². The monoisotopic (exact) mass is 1640 g/mol. The SMILES string of the molecule is Cc1c(F)cc(C(F)(F)F)cc1F.Cc1c(F)cc(F)cc1F.Cc1c(F)cc([N+](=O)[O-])cc1F.Cc1ccc(C#N)cc1.Cc1ccc(C#N)cc1F.Cc1ccc(C(F)(F)F)cc1.Cc1ccc(C(F)(F)F)cc1F.Cc1ccc(F)cc1.Cc1ccc(F)cc1F.Cc1ccc([N+](=O)[O-])cc1.Cc1ccc([N+](=O)[O-])cc1F. The van der Waals surface area contributed by atoms with Crippen LogP contribution in [0, 0.1) is 205 Å². The summed E-state index contributed by atoms with van der Waals surface area (Å²) in [6.45, 7) is 17.3. The Morgan fingerprint density at radius 3 is 0.835 bits per heavy atom. The molecule has 0 heterocycles. The lowest BCUT2D eigenvalue weighted by atomic mass is 10.1. The van der Waals surface area contributed by atoms with Crippen LogP contribution in [0.2, 0.25) is 0 Å². The fourth-order valence-corrected chi connectivity index (χ4v) is 7.43. The van der Waals surface area contributed by atoms with Crippen LogP contribution in [-0.4, -0.2) is 14.8 Å². The summed E-state index contributed by atoms with van der Waals surface area (Å²) in [7, 11) is 0.